The lowest BCUT2D eigenvalue weighted by atomic mass is 10.0. The van der Waals surface area contributed by atoms with Crippen LogP contribution in [0.15, 0.2) is 48.5 Å². The van der Waals surface area contributed by atoms with Crippen LogP contribution in [0.25, 0.3) is 0 Å². The van der Waals surface area contributed by atoms with Gasteiger partial charge in [-0.05, 0) is 24.1 Å². The van der Waals surface area contributed by atoms with Crippen molar-refractivity contribution in [2.24, 2.45) is 0 Å². The minimum Gasteiger partial charge on any atom is -0.491 e. The fraction of sp³-hybridized carbons (Fsp3) is 0.478. The van der Waals surface area contributed by atoms with E-state index in [0.717, 1.165) is 25.3 Å². The highest BCUT2D eigenvalue weighted by atomic mass is 16.5. The van der Waals surface area contributed by atoms with Crippen LogP contribution < -0.4 is 14.5 Å². The van der Waals surface area contributed by atoms with E-state index < -0.39 is 0 Å². The number of ether oxygens (including phenoxy) is 2. The number of nitrogens with one attached hydrogen (secondary N) is 2. The second-order valence-corrected chi connectivity index (χ2v) is 7.69. The summed E-state index contributed by atoms with van der Waals surface area (Å²) < 4.78 is 11.8. The molecule has 2 aromatic carbocycles. The third-order valence-corrected chi connectivity index (χ3v) is 5.35. The molecule has 0 spiro atoms. The molecule has 1 fully saturated rings. The molecular weight excluding hydrogens is 336 g/mol. The Morgan fingerprint density at radius 1 is 0.889 bits per heavy atom. The van der Waals surface area contributed by atoms with Crippen LogP contribution in [0.2, 0.25) is 0 Å². The zero-order valence-corrected chi connectivity index (χ0v) is 16.8. The summed E-state index contributed by atoms with van der Waals surface area (Å²) in [6.45, 7) is 10.4. The number of aryl methyl sites for hydroxylation is 1. The highest BCUT2D eigenvalue weighted by Gasteiger charge is 2.19. The number of rotatable bonds is 9. The Morgan fingerprint density at radius 2 is 1.67 bits per heavy atom. The van der Waals surface area contributed by atoms with Crippen molar-refractivity contribution in [2.75, 3.05) is 59.6 Å². The van der Waals surface area contributed by atoms with Crippen LogP contribution in [0.3, 0.4) is 0 Å². The Balaban J connectivity index is 1.40. The summed E-state index contributed by atoms with van der Waals surface area (Å²) in [5.74, 6) is 0.973. The first-order valence-electron chi connectivity index (χ1n) is 10.2. The molecule has 0 atom stereocenters. The molecule has 0 amide bonds. The van der Waals surface area contributed by atoms with Gasteiger partial charge < -0.3 is 19.3 Å². The van der Waals surface area contributed by atoms with Gasteiger partial charge in [0.2, 0.25) is 0 Å². The maximum absolute atomic E-state index is 6.04. The van der Waals surface area contributed by atoms with Gasteiger partial charge in [-0.15, -0.1) is 0 Å². The van der Waals surface area contributed by atoms with Crippen LogP contribution in [-0.4, -0.2) is 59.6 Å². The maximum atomic E-state index is 6.04. The van der Waals surface area contributed by atoms with Crippen molar-refractivity contribution in [2.45, 2.75) is 13.3 Å². The van der Waals surface area contributed by atoms with Gasteiger partial charge in [0, 0.05) is 6.42 Å². The van der Waals surface area contributed by atoms with Gasteiger partial charge in [-0.25, -0.2) is 0 Å². The van der Waals surface area contributed by atoms with E-state index in [1.54, 1.807) is 9.80 Å². The number of hydrogen-bond donors (Lipinski definition) is 2. The Bertz CT molecular complexity index is 682. The molecule has 146 valence electrons. The summed E-state index contributed by atoms with van der Waals surface area (Å²) in [6, 6.07) is 17.0. The summed E-state index contributed by atoms with van der Waals surface area (Å²) in [6.07, 6.45) is 0.896. The van der Waals surface area contributed by atoms with Crippen LogP contribution in [0.5, 0.6) is 5.75 Å². The molecule has 3 rings (SSSR count). The third-order valence-electron chi connectivity index (χ3n) is 5.35. The van der Waals surface area contributed by atoms with Crippen molar-refractivity contribution >= 4 is 0 Å². The molecule has 0 aliphatic carbocycles. The lowest BCUT2D eigenvalue weighted by molar-refractivity contribution is -1.00. The fourth-order valence-electron chi connectivity index (χ4n) is 3.61. The predicted octanol–water partition coefficient (Wildman–Crippen LogP) is 0.394. The number of hydrogen-bond acceptors (Lipinski definition) is 2. The van der Waals surface area contributed by atoms with Gasteiger partial charge in [0.1, 0.15) is 45.1 Å². The smallest absolute Gasteiger partial charge is 0.127 e. The van der Waals surface area contributed by atoms with Gasteiger partial charge in [0.15, 0.2) is 0 Å². The third kappa shape index (κ3) is 6.65. The fourth-order valence-corrected chi connectivity index (χ4v) is 3.61. The molecule has 0 unspecified atom stereocenters. The monoisotopic (exact) mass is 370 g/mol. The van der Waals surface area contributed by atoms with Gasteiger partial charge in [0.05, 0.1) is 20.3 Å². The summed E-state index contributed by atoms with van der Waals surface area (Å²) in [4.78, 5) is 3.32. The van der Waals surface area contributed by atoms with Gasteiger partial charge in [-0.1, -0.05) is 48.0 Å². The van der Waals surface area contributed by atoms with Crippen LogP contribution >= 0.6 is 0 Å². The quantitative estimate of drug-likeness (QED) is 0.625. The van der Waals surface area contributed by atoms with E-state index in [1.807, 2.05) is 0 Å². The van der Waals surface area contributed by atoms with E-state index in [1.165, 1.54) is 42.9 Å². The highest BCUT2D eigenvalue weighted by Crippen LogP contribution is 2.23. The highest BCUT2D eigenvalue weighted by molar-refractivity contribution is 5.40. The van der Waals surface area contributed by atoms with Gasteiger partial charge >= 0.3 is 0 Å². The normalized spacial score (nSPS) is 19.8. The van der Waals surface area contributed by atoms with Gasteiger partial charge in [-0.3, -0.25) is 0 Å². The van der Waals surface area contributed by atoms with Crippen molar-refractivity contribution in [3.63, 3.8) is 0 Å². The first-order chi connectivity index (χ1) is 13.2. The van der Waals surface area contributed by atoms with Crippen molar-refractivity contribution in [1.29, 1.82) is 0 Å². The van der Waals surface area contributed by atoms with Crippen molar-refractivity contribution in [1.82, 2.24) is 0 Å². The van der Waals surface area contributed by atoms with E-state index >= 15 is 0 Å². The average molecular weight is 371 g/mol. The Labute approximate surface area is 163 Å². The molecule has 4 heteroatoms. The molecule has 1 heterocycles. The Hall–Kier alpha value is -1.88. The molecule has 2 aromatic rings. The summed E-state index contributed by atoms with van der Waals surface area (Å²) in [7, 11) is 2.28. The SMILES string of the molecule is Cc1ccc(OCCOCC[NH+]2CC[NH+](C)CC2)c(Cc2ccccc2)c1. The number of quaternary nitrogens is 2. The molecule has 0 bridgehead atoms. The average Bonchev–Trinajstić information content (AvgIpc) is 2.68. The summed E-state index contributed by atoms with van der Waals surface area (Å²) in [5.41, 5.74) is 3.81. The molecule has 1 saturated heterocycles. The van der Waals surface area contributed by atoms with Gasteiger partial charge in [-0.2, -0.15) is 0 Å². The molecule has 0 aromatic heterocycles. The summed E-state index contributed by atoms with van der Waals surface area (Å²) in [5, 5.41) is 0. The minimum absolute atomic E-state index is 0.604. The summed E-state index contributed by atoms with van der Waals surface area (Å²) >= 11 is 0. The van der Waals surface area contributed by atoms with Crippen molar-refractivity contribution in [3.05, 3.63) is 65.2 Å². The van der Waals surface area contributed by atoms with Crippen LogP contribution in [0.1, 0.15) is 16.7 Å². The lowest BCUT2D eigenvalue weighted by Crippen LogP contribution is -3.27. The first-order valence-corrected chi connectivity index (χ1v) is 10.2. The number of benzene rings is 2. The predicted molar refractivity (Wildman–Crippen MR) is 109 cm³/mol. The molecule has 0 radical (unpaired) electrons. The molecule has 0 saturated carbocycles. The van der Waals surface area contributed by atoms with Crippen LogP contribution in [-0.2, 0) is 11.2 Å². The molecule has 2 N–H and O–H groups in total. The minimum atomic E-state index is 0.604. The van der Waals surface area contributed by atoms with E-state index in [4.69, 9.17) is 9.47 Å². The molecule has 1 aliphatic heterocycles. The Morgan fingerprint density at radius 3 is 2.44 bits per heavy atom. The van der Waals surface area contributed by atoms with E-state index in [9.17, 15) is 0 Å². The largest absolute Gasteiger partial charge is 0.491 e. The molecule has 4 nitrogen and oxygen atoms in total. The van der Waals surface area contributed by atoms with Crippen LogP contribution in [0.4, 0.5) is 0 Å². The second-order valence-electron chi connectivity index (χ2n) is 7.69. The van der Waals surface area contributed by atoms with E-state index in [2.05, 4.69) is 62.5 Å². The molecular formula is C23H34N2O2+2. The second kappa shape index (κ2) is 10.5. The zero-order valence-electron chi connectivity index (χ0n) is 16.8. The van der Waals surface area contributed by atoms with E-state index in [0.29, 0.717) is 13.2 Å². The topological polar surface area (TPSA) is 27.3 Å². The maximum Gasteiger partial charge on any atom is 0.127 e. The number of likely N-dealkylation sites (N-methyl/N-ethyl adjacent to an activating group) is 1. The van der Waals surface area contributed by atoms with Crippen molar-refractivity contribution < 1.29 is 19.3 Å². The van der Waals surface area contributed by atoms with Gasteiger partial charge in [0.25, 0.3) is 0 Å². The standard InChI is InChI=1S/C23H32N2O2/c1-20-8-9-23(22(18-20)19-21-6-4-3-5-7-21)27-17-16-26-15-14-25-12-10-24(2)11-13-25/h3-9,18H,10-17,19H2,1-2H3/p+2. The molecule has 1 aliphatic rings. The Kier molecular flexibility index (Phi) is 7.69. The van der Waals surface area contributed by atoms with Crippen molar-refractivity contribution in [3.8, 4) is 5.75 Å². The van der Waals surface area contributed by atoms with E-state index in [-0.39, 0.29) is 0 Å². The molecule has 27 heavy (non-hydrogen) atoms. The lowest BCUT2D eigenvalue weighted by Gasteiger charge is -2.27. The zero-order chi connectivity index (χ0) is 18.9. The number of piperazine rings is 1. The first kappa shape index (κ1) is 19.9. The van der Waals surface area contributed by atoms with Crippen LogP contribution in [0, 0.1) is 6.92 Å².